The molecule has 0 radical (unpaired) electrons. The average molecular weight is 431 g/mol. The molecular formula is C29H34O3. The highest BCUT2D eigenvalue weighted by Gasteiger charge is 2.37. The Morgan fingerprint density at radius 1 is 0.875 bits per heavy atom. The standard InChI is InChI=1S/C29H34O3/c1-29(2,3)26-16-22(12-13-27(26)32-4)28-24-15-20(19-8-6-5-7-9-19)10-11-21(24)14-23(17-30)25(28)18-31/h5-13,15-16,23,25,28,30-31H,14,17-18H2,1-4H3/t23-,25-,28-/m1/s1. The van der Waals surface area contributed by atoms with Gasteiger partial charge in [-0.2, -0.15) is 0 Å². The van der Waals surface area contributed by atoms with E-state index in [1.807, 2.05) is 12.1 Å². The van der Waals surface area contributed by atoms with Crippen LogP contribution in [0.15, 0.2) is 66.7 Å². The van der Waals surface area contributed by atoms with Gasteiger partial charge in [-0.1, -0.05) is 81.4 Å². The Kier molecular flexibility index (Phi) is 6.41. The van der Waals surface area contributed by atoms with E-state index in [9.17, 15) is 10.2 Å². The lowest BCUT2D eigenvalue weighted by Crippen LogP contribution is -2.35. The number of ether oxygens (including phenoxy) is 1. The monoisotopic (exact) mass is 430 g/mol. The first-order valence-corrected chi connectivity index (χ1v) is 11.5. The molecule has 0 heterocycles. The second-order valence-electron chi connectivity index (χ2n) is 9.96. The zero-order valence-corrected chi connectivity index (χ0v) is 19.5. The summed E-state index contributed by atoms with van der Waals surface area (Å²) < 4.78 is 5.67. The van der Waals surface area contributed by atoms with Gasteiger partial charge in [0.2, 0.25) is 0 Å². The molecule has 3 aromatic carbocycles. The molecule has 3 aromatic rings. The molecule has 3 nitrogen and oxygen atoms in total. The Morgan fingerprint density at radius 2 is 1.62 bits per heavy atom. The molecular weight excluding hydrogens is 396 g/mol. The van der Waals surface area contributed by atoms with Crippen LogP contribution in [0.2, 0.25) is 0 Å². The Labute approximate surface area is 191 Å². The fraction of sp³-hybridized carbons (Fsp3) is 0.379. The zero-order valence-electron chi connectivity index (χ0n) is 19.5. The van der Waals surface area contributed by atoms with Crippen molar-refractivity contribution in [2.45, 2.75) is 38.5 Å². The van der Waals surface area contributed by atoms with E-state index in [1.54, 1.807) is 7.11 Å². The Morgan fingerprint density at radius 3 is 2.25 bits per heavy atom. The van der Waals surface area contributed by atoms with Crippen molar-refractivity contribution in [3.63, 3.8) is 0 Å². The van der Waals surface area contributed by atoms with Crippen LogP contribution in [0.25, 0.3) is 11.1 Å². The van der Waals surface area contributed by atoms with Crippen LogP contribution < -0.4 is 4.74 Å². The molecule has 0 amide bonds. The molecule has 0 saturated heterocycles. The molecule has 2 N–H and O–H groups in total. The molecule has 0 spiro atoms. The maximum absolute atomic E-state index is 10.4. The van der Waals surface area contributed by atoms with Crippen LogP contribution >= 0.6 is 0 Å². The van der Waals surface area contributed by atoms with Gasteiger partial charge in [0.25, 0.3) is 0 Å². The minimum absolute atomic E-state index is 0.0107. The minimum Gasteiger partial charge on any atom is -0.496 e. The topological polar surface area (TPSA) is 49.7 Å². The highest BCUT2D eigenvalue weighted by molar-refractivity contribution is 5.66. The lowest BCUT2D eigenvalue weighted by Gasteiger charge is -2.39. The number of aliphatic hydroxyl groups excluding tert-OH is 2. The van der Waals surface area contributed by atoms with Gasteiger partial charge in [-0.3, -0.25) is 0 Å². The summed E-state index contributed by atoms with van der Waals surface area (Å²) in [6, 6.07) is 23.5. The second kappa shape index (κ2) is 9.09. The molecule has 4 rings (SSSR count). The normalized spacial score (nSPS) is 20.6. The molecule has 0 unspecified atom stereocenters. The lowest BCUT2D eigenvalue weighted by atomic mass is 9.66. The predicted molar refractivity (Wildman–Crippen MR) is 130 cm³/mol. The Hall–Kier alpha value is -2.62. The zero-order chi connectivity index (χ0) is 22.9. The van der Waals surface area contributed by atoms with E-state index >= 15 is 0 Å². The van der Waals surface area contributed by atoms with Crippen LogP contribution in [0.1, 0.15) is 48.9 Å². The van der Waals surface area contributed by atoms with Crippen molar-refractivity contribution in [3.8, 4) is 16.9 Å². The fourth-order valence-corrected chi connectivity index (χ4v) is 5.20. The summed E-state index contributed by atoms with van der Waals surface area (Å²) in [5, 5.41) is 20.6. The van der Waals surface area contributed by atoms with Crippen molar-refractivity contribution in [1.29, 1.82) is 0 Å². The molecule has 1 aliphatic carbocycles. The van der Waals surface area contributed by atoms with E-state index in [1.165, 1.54) is 27.8 Å². The minimum atomic E-state index is -0.0736. The molecule has 0 aliphatic heterocycles. The van der Waals surface area contributed by atoms with E-state index in [0.29, 0.717) is 0 Å². The molecule has 3 heteroatoms. The summed E-state index contributed by atoms with van der Waals surface area (Å²) in [6.45, 7) is 6.69. The lowest BCUT2D eigenvalue weighted by molar-refractivity contribution is 0.101. The Balaban J connectivity index is 1.90. The summed E-state index contributed by atoms with van der Waals surface area (Å²) in [5.41, 5.74) is 7.12. The number of fused-ring (bicyclic) bond motifs is 1. The number of rotatable bonds is 5. The third-order valence-corrected chi connectivity index (χ3v) is 6.94. The van der Waals surface area contributed by atoms with Crippen molar-refractivity contribution >= 4 is 0 Å². The molecule has 0 saturated carbocycles. The van der Waals surface area contributed by atoms with E-state index in [0.717, 1.165) is 17.7 Å². The van der Waals surface area contributed by atoms with Crippen molar-refractivity contribution < 1.29 is 14.9 Å². The number of hydrogen-bond donors (Lipinski definition) is 2. The van der Waals surface area contributed by atoms with Crippen LogP contribution in [-0.4, -0.2) is 30.5 Å². The van der Waals surface area contributed by atoms with Gasteiger partial charge in [-0.15, -0.1) is 0 Å². The third-order valence-electron chi connectivity index (χ3n) is 6.94. The number of methoxy groups -OCH3 is 1. The van der Waals surface area contributed by atoms with Gasteiger partial charge in [0.05, 0.1) is 7.11 Å². The van der Waals surface area contributed by atoms with Crippen molar-refractivity contribution in [1.82, 2.24) is 0 Å². The summed E-state index contributed by atoms with van der Waals surface area (Å²) in [6.07, 6.45) is 0.783. The molecule has 0 bridgehead atoms. The van der Waals surface area contributed by atoms with E-state index in [4.69, 9.17) is 4.74 Å². The first kappa shape index (κ1) is 22.6. The smallest absolute Gasteiger partial charge is 0.122 e. The predicted octanol–water partition coefficient (Wildman–Crippen LogP) is 5.56. The summed E-state index contributed by atoms with van der Waals surface area (Å²) in [4.78, 5) is 0. The largest absolute Gasteiger partial charge is 0.496 e. The quantitative estimate of drug-likeness (QED) is 0.557. The van der Waals surface area contributed by atoms with Crippen LogP contribution in [-0.2, 0) is 11.8 Å². The second-order valence-corrected chi connectivity index (χ2v) is 9.96. The van der Waals surface area contributed by atoms with Crippen LogP contribution in [0.3, 0.4) is 0 Å². The first-order chi connectivity index (χ1) is 15.4. The van der Waals surface area contributed by atoms with Crippen molar-refractivity contribution in [2.75, 3.05) is 20.3 Å². The molecule has 32 heavy (non-hydrogen) atoms. The molecule has 0 fully saturated rings. The highest BCUT2D eigenvalue weighted by atomic mass is 16.5. The molecule has 0 aromatic heterocycles. The molecule has 168 valence electrons. The number of aliphatic hydroxyl groups is 2. The fourth-order valence-electron chi connectivity index (χ4n) is 5.20. The Bertz CT molecular complexity index is 1070. The van der Waals surface area contributed by atoms with Gasteiger partial charge < -0.3 is 14.9 Å². The van der Waals surface area contributed by atoms with Crippen LogP contribution in [0, 0.1) is 11.8 Å². The highest BCUT2D eigenvalue weighted by Crippen LogP contribution is 2.46. The van der Waals surface area contributed by atoms with Crippen molar-refractivity contribution in [3.05, 3.63) is 89.0 Å². The summed E-state index contributed by atoms with van der Waals surface area (Å²) >= 11 is 0. The first-order valence-electron chi connectivity index (χ1n) is 11.5. The molecule has 3 atom stereocenters. The van der Waals surface area contributed by atoms with Crippen LogP contribution in [0.5, 0.6) is 5.75 Å². The summed E-state index contributed by atoms with van der Waals surface area (Å²) in [5.74, 6) is 0.881. The van der Waals surface area contributed by atoms with Gasteiger partial charge in [-0.05, 0) is 63.1 Å². The van der Waals surface area contributed by atoms with Crippen LogP contribution in [0.4, 0.5) is 0 Å². The average Bonchev–Trinajstić information content (AvgIpc) is 2.82. The van der Waals surface area contributed by atoms with Gasteiger partial charge in [0.1, 0.15) is 5.75 Å². The van der Waals surface area contributed by atoms with Gasteiger partial charge in [0, 0.05) is 19.1 Å². The van der Waals surface area contributed by atoms with Gasteiger partial charge in [-0.25, -0.2) is 0 Å². The van der Waals surface area contributed by atoms with E-state index in [2.05, 4.69) is 75.4 Å². The van der Waals surface area contributed by atoms with E-state index in [-0.39, 0.29) is 36.4 Å². The number of benzene rings is 3. The maximum atomic E-state index is 10.4. The SMILES string of the molecule is COc1ccc([C@@H]2c3cc(-c4ccccc4)ccc3C[C@H](CO)[C@H]2CO)cc1C(C)(C)C. The number of hydrogen-bond acceptors (Lipinski definition) is 3. The van der Waals surface area contributed by atoms with E-state index < -0.39 is 0 Å². The molecule has 1 aliphatic rings. The van der Waals surface area contributed by atoms with Gasteiger partial charge >= 0.3 is 0 Å². The van der Waals surface area contributed by atoms with Gasteiger partial charge in [0.15, 0.2) is 0 Å². The van der Waals surface area contributed by atoms with Crippen molar-refractivity contribution in [2.24, 2.45) is 11.8 Å². The maximum Gasteiger partial charge on any atom is 0.122 e. The summed E-state index contributed by atoms with van der Waals surface area (Å²) in [7, 11) is 1.71. The third kappa shape index (κ3) is 4.20.